The Morgan fingerprint density at radius 2 is 1.76 bits per heavy atom. The lowest BCUT2D eigenvalue weighted by Gasteiger charge is -2.19. The van der Waals surface area contributed by atoms with Crippen LogP contribution in [-0.4, -0.2) is 6.36 Å². The molecular weight excluding hydrogens is 253 g/mol. The van der Waals surface area contributed by atoms with E-state index in [2.05, 4.69) is 4.74 Å². The SMILES string of the molecule is CC(C)(C)Cc1ccc(OC(F)(F)F)cc1Cl. The van der Waals surface area contributed by atoms with Crippen molar-refractivity contribution in [3.05, 3.63) is 28.8 Å². The Bertz CT molecular complexity index is 394. The summed E-state index contributed by atoms with van der Waals surface area (Å²) >= 11 is 5.92. The monoisotopic (exact) mass is 266 g/mol. The van der Waals surface area contributed by atoms with Crippen LogP contribution in [-0.2, 0) is 6.42 Å². The molecular formula is C12H14ClF3O. The average Bonchev–Trinajstić information content (AvgIpc) is 2.05. The number of hydrogen-bond donors (Lipinski definition) is 0. The molecule has 1 aromatic carbocycles. The Kier molecular flexibility index (Phi) is 3.97. The lowest BCUT2D eigenvalue weighted by Crippen LogP contribution is -2.17. The molecule has 0 heterocycles. The number of halogens is 4. The van der Waals surface area contributed by atoms with Crippen LogP contribution in [0.1, 0.15) is 26.3 Å². The minimum Gasteiger partial charge on any atom is -0.406 e. The number of rotatable bonds is 2. The molecule has 0 unspecified atom stereocenters. The smallest absolute Gasteiger partial charge is 0.406 e. The van der Waals surface area contributed by atoms with E-state index in [1.165, 1.54) is 12.1 Å². The maximum Gasteiger partial charge on any atom is 0.573 e. The molecule has 0 aliphatic rings. The van der Waals surface area contributed by atoms with Gasteiger partial charge in [0.15, 0.2) is 0 Å². The van der Waals surface area contributed by atoms with Gasteiger partial charge in [-0.1, -0.05) is 38.4 Å². The van der Waals surface area contributed by atoms with E-state index in [1.807, 2.05) is 20.8 Å². The molecule has 0 amide bonds. The van der Waals surface area contributed by atoms with Crippen molar-refractivity contribution in [2.24, 2.45) is 5.41 Å². The van der Waals surface area contributed by atoms with Gasteiger partial charge in [-0.15, -0.1) is 13.2 Å². The molecule has 5 heteroatoms. The van der Waals surface area contributed by atoms with Crippen LogP contribution in [0.15, 0.2) is 18.2 Å². The van der Waals surface area contributed by atoms with Gasteiger partial charge < -0.3 is 4.74 Å². The lowest BCUT2D eigenvalue weighted by molar-refractivity contribution is -0.274. The molecule has 0 N–H and O–H groups in total. The van der Waals surface area contributed by atoms with Gasteiger partial charge in [0, 0.05) is 5.02 Å². The summed E-state index contributed by atoms with van der Waals surface area (Å²) in [5.41, 5.74) is 0.837. The Morgan fingerprint density at radius 3 is 2.18 bits per heavy atom. The lowest BCUT2D eigenvalue weighted by atomic mass is 9.88. The van der Waals surface area contributed by atoms with E-state index in [1.54, 1.807) is 6.07 Å². The first-order valence-corrected chi connectivity index (χ1v) is 5.49. The van der Waals surface area contributed by atoms with Gasteiger partial charge in [0.25, 0.3) is 0 Å². The van der Waals surface area contributed by atoms with E-state index in [9.17, 15) is 13.2 Å². The van der Waals surface area contributed by atoms with Crippen LogP contribution in [0.25, 0.3) is 0 Å². The normalized spacial score (nSPS) is 12.6. The van der Waals surface area contributed by atoms with Gasteiger partial charge in [0.1, 0.15) is 5.75 Å². The molecule has 0 saturated carbocycles. The highest BCUT2D eigenvalue weighted by Crippen LogP contribution is 2.31. The van der Waals surface area contributed by atoms with Crippen molar-refractivity contribution < 1.29 is 17.9 Å². The fraction of sp³-hybridized carbons (Fsp3) is 0.500. The highest BCUT2D eigenvalue weighted by Gasteiger charge is 2.31. The zero-order valence-corrected chi connectivity index (χ0v) is 10.6. The summed E-state index contributed by atoms with van der Waals surface area (Å²) < 4.78 is 39.7. The van der Waals surface area contributed by atoms with Crippen molar-refractivity contribution in [1.29, 1.82) is 0 Å². The van der Waals surface area contributed by atoms with E-state index in [0.717, 1.165) is 5.56 Å². The third kappa shape index (κ3) is 5.31. The van der Waals surface area contributed by atoms with Crippen molar-refractivity contribution in [2.45, 2.75) is 33.6 Å². The number of ether oxygens (including phenoxy) is 1. The van der Waals surface area contributed by atoms with E-state index in [0.29, 0.717) is 11.4 Å². The van der Waals surface area contributed by atoms with E-state index < -0.39 is 6.36 Å². The fourth-order valence-corrected chi connectivity index (χ4v) is 1.68. The second-order valence-electron chi connectivity index (χ2n) is 5.04. The minimum absolute atomic E-state index is 0.0239. The van der Waals surface area contributed by atoms with Crippen LogP contribution in [0.5, 0.6) is 5.75 Å². The first-order chi connectivity index (χ1) is 7.57. The molecule has 0 atom stereocenters. The van der Waals surface area contributed by atoms with Gasteiger partial charge in [-0.3, -0.25) is 0 Å². The number of alkyl halides is 3. The largest absolute Gasteiger partial charge is 0.573 e. The standard InChI is InChI=1S/C12H14ClF3O/c1-11(2,3)7-8-4-5-9(6-10(8)13)17-12(14,15)16/h4-6H,7H2,1-3H3. The summed E-state index contributed by atoms with van der Waals surface area (Å²) in [4.78, 5) is 0. The summed E-state index contributed by atoms with van der Waals surface area (Å²) in [5, 5.41) is 0.293. The van der Waals surface area contributed by atoms with Gasteiger partial charge in [-0.2, -0.15) is 0 Å². The highest BCUT2D eigenvalue weighted by atomic mass is 35.5. The molecule has 96 valence electrons. The fourth-order valence-electron chi connectivity index (χ4n) is 1.44. The van der Waals surface area contributed by atoms with Crippen molar-refractivity contribution in [2.75, 3.05) is 0 Å². The Balaban J connectivity index is 2.87. The third-order valence-corrected chi connectivity index (χ3v) is 2.33. The van der Waals surface area contributed by atoms with Crippen LogP contribution in [0, 0.1) is 5.41 Å². The molecule has 0 radical (unpaired) electrons. The first kappa shape index (κ1) is 14.2. The first-order valence-electron chi connectivity index (χ1n) is 5.11. The van der Waals surface area contributed by atoms with Crippen LogP contribution in [0.2, 0.25) is 5.02 Å². The molecule has 0 saturated heterocycles. The predicted molar refractivity (Wildman–Crippen MR) is 61.3 cm³/mol. The van der Waals surface area contributed by atoms with E-state index >= 15 is 0 Å². The average molecular weight is 267 g/mol. The Labute approximate surface area is 104 Å². The van der Waals surface area contributed by atoms with Crippen LogP contribution >= 0.6 is 11.6 Å². The summed E-state index contributed by atoms with van der Waals surface area (Å²) in [6.45, 7) is 6.09. The third-order valence-electron chi connectivity index (χ3n) is 1.98. The van der Waals surface area contributed by atoms with E-state index in [-0.39, 0.29) is 11.2 Å². The van der Waals surface area contributed by atoms with Crippen molar-refractivity contribution >= 4 is 11.6 Å². The predicted octanol–water partition coefficient (Wildman–Crippen LogP) is 4.83. The molecule has 0 aliphatic heterocycles. The Morgan fingerprint density at radius 1 is 1.18 bits per heavy atom. The van der Waals surface area contributed by atoms with Gasteiger partial charge in [0.2, 0.25) is 0 Å². The number of benzene rings is 1. The zero-order valence-electron chi connectivity index (χ0n) is 9.86. The summed E-state index contributed by atoms with van der Waals surface area (Å²) in [7, 11) is 0. The summed E-state index contributed by atoms with van der Waals surface area (Å²) in [6.07, 6.45) is -3.99. The van der Waals surface area contributed by atoms with Gasteiger partial charge in [0.05, 0.1) is 0 Å². The second kappa shape index (κ2) is 4.77. The molecule has 0 aliphatic carbocycles. The quantitative estimate of drug-likeness (QED) is 0.745. The van der Waals surface area contributed by atoms with Crippen LogP contribution in [0.3, 0.4) is 0 Å². The molecule has 1 rings (SSSR count). The van der Waals surface area contributed by atoms with Gasteiger partial charge >= 0.3 is 6.36 Å². The Hall–Kier alpha value is -0.900. The van der Waals surface area contributed by atoms with Crippen molar-refractivity contribution in [1.82, 2.24) is 0 Å². The van der Waals surface area contributed by atoms with Gasteiger partial charge in [-0.25, -0.2) is 0 Å². The number of hydrogen-bond acceptors (Lipinski definition) is 1. The van der Waals surface area contributed by atoms with Crippen LogP contribution < -0.4 is 4.74 Å². The topological polar surface area (TPSA) is 9.23 Å². The summed E-state index contributed by atoms with van der Waals surface area (Å²) in [5.74, 6) is -0.292. The van der Waals surface area contributed by atoms with Gasteiger partial charge in [-0.05, 0) is 29.5 Å². The molecule has 0 bridgehead atoms. The molecule has 17 heavy (non-hydrogen) atoms. The molecule has 0 fully saturated rings. The maximum atomic E-state index is 12.0. The molecule has 0 aromatic heterocycles. The molecule has 0 spiro atoms. The van der Waals surface area contributed by atoms with Crippen molar-refractivity contribution in [3.8, 4) is 5.75 Å². The van der Waals surface area contributed by atoms with Crippen molar-refractivity contribution in [3.63, 3.8) is 0 Å². The van der Waals surface area contributed by atoms with E-state index in [4.69, 9.17) is 11.6 Å². The maximum absolute atomic E-state index is 12.0. The second-order valence-corrected chi connectivity index (χ2v) is 5.45. The molecule has 1 aromatic rings. The summed E-state index contributed by atoms with van der Waals surface area (Å²) in [6, 6.07) is 4.03. The minimum atomic E-state index is -4.69. The molecule has 1 nitrogen and oxygen atoms in total. The highest BCUT2D eigenvalue weighted by molar-refractivity contribution is 6.31. The van der Waals surface area contributed by atoms with Crippen LogP contribution in [0.4, 0.5) is 13.2 Å². The zero-order chi connectivity index (χ0) is 13.3.